The molecule has 34 heavy (non-hydrogen) atoms. The standard InChI is InChI=1S/C23H27N5O4S2/c1-4-8-28-21(30)17(34-23(28)33)14-16-19(24-18-15(3)7-6-9-27(18)20(16)29)25-10-12-26(13-11-25)22(31)32-5-2/h6-7,9,14H,4-5,8,10-13H2,1-3H3/b17-14-. The van der Waals surface area contributed by atoms with E-state index in [0.29, 0.717) is 65.6 Å². The molecule has 11 heteroatoms. The van der Waals surface area contributed by atoms with E-state index in [1.54, 1.807) is 35.1 Å². The van der Waals surface area contributed by atoms with Crippen molar-refractivity contribution >= 4 is 57.8 Å². The molecule has 0 saturated carbocycles. The van der Waals surface area contributed by atoms with Crippen LogP contribution in [0.1, 0.15) is 31.4 Å². The second-order valence-electron chi connectivity index (χ2n) is 8.05. The van der Waals surface area contributed by atoms with Crippen LogP contribution < -0.4 is 10.5 Å². The molecule has 0 aliphatic carbocycles. The zero-order chi connectivity index (χ0) is 24.4. The summed E-state index contributed by atoms with van der Waals surface area (Å²) in [7, 11) is 0. The molecule has 2 saturated heterocycles. The summed E-state index contributed by atoms with van der Waals surface area (Å²) in [6, 6.07) is 3.70. The average molecular weight is 502 g/mol. The number of hydrogen-bond donors (Lipinski definition) is 0. The lowest BCUT2D eigenvalue weighted by Crippen LogP contribution is -2.49. The van der Waals surface area contributed by atoms with E-state index in [1.165, 1.54) is 16.2 Å². The van der Waals surface area contributed by atoms with Crippen molar-refractivity contribution in [3.63, 3.8) is 0 Å². The number of nitrogens with zero attached hydrogens (tertiary/aromatic N) is 5. The first-order valence-electron chi connectivity index (χ1n) is 11.3. The maximum atomic E-state index is 13.6. The van der Waals surface area contributed by atoms with Gasteiger partial charge < -0.3 is 14.5 Å². The van der Waals surface area contributed by atoms with E-state index in [1.807, 2.05) is 24.8 Å². The molecule has 0 spiro atoms. The Kier molecular flexibility index (Phi) is 7.22. The molecule has 180 valence electrons. The van der Waals surface area contributed by atoms with Gasteiger partial charge in [-0.05, 0) is 38.0 Å². The number of hydrogen-bond acceptors (Lipinski definition) is 8. The van der Waals surface area contributed by atoms with Crippen molar-refractivity contribution < 1.29 is 14.3 Å². The van der Waals surface area contributed by atoms with Crippen LogP contribution in [0.4, 0.5) is 10.6 Å². The second-order valence-corrected chi connectivity index (χ2v) is 9.72. The van der Waals surface area contributed by atoms with Crippen LogP contribution in [0.5, 0.6) is 0 Å². The zero-order valence-corrected chi connectivity index (χ0v) is 21.1. The first kappa shape index (κ1) is 24.2. The van der Waals surface area contributed by atoms with Gasteiger partial charge in [0.05, 0.1) is 17.1 Å². The predicted molar refractivity (Wildman–Crippen MR) is 137 cm³/mol. The summed E-state index contributed by atoms with van der Waals surface area (Å²) in [5, 5.41) is 0. The van der Waals surface area contributed by atoms with Gasteiger partial charge in [0.1, 0.15) is 15.8 Å². The lowest BCUT2D eigenvalue weighted by molar-refractivity contribution is -0.122. The van der Waals surface area contributed by atoms with Crippen molar-refractivity contribution in [3.8, 4) is 0 Å². The molecule has 9 nitrogen and oxygen atoms in total. The van der Waals surface area contributed by atoms with Crippen LogP contribution >= 0.6 is 24.0 Å². The smallest absolute Gasteiger partial charge is 0.409 e. The minimum Gasteiger partial charge on any atom is -0.450 e. The van der Waals surface area contributed by atoms with Gasteiger partial charge >= 0.3 is 6.09 Å². The van der Waals surface area contributed by atoms with Gasteiger partial charge in [-0.25, -0.2) is 9.78 Å². The van der Waals surface area contributed by atoms with Gasteiger partial charge in [0.2, 0.25) is 0 Å². The van der Waals surface area contributed by atoms with Gasteiger partial charge in [-0.1, -0.05) is 37.0 Å². The molecule has 4 rings (SSSR count). The van der Waals surface area contributed by atoms with Crippen molar-refractivity contribution in [2.24, 2.45) is 0 Å². The SMILES string of the molecule is CCCN1C(=O)/C(=C/c2c(N3CCN(C(=O)OCC)CC3)nc3c(C)cccn3c2=O)SC1=S. The van der Waals surface area contributed by atoms with Crippen molar-refractivity contribution in [2.75, 3.05) is 44.2 Å². The highest BCUT2D eigenvalue weighted by Gasteiger charge is 2.33. The number of aryl methyl sites for hydroxylation is 1. The van der Waals surface area contributed by atoms with E-state index >= 15 is 0 Å². The van der Waals surface area contributed by atoms with E-state index in [4.69, 9.17) is 21.9 Å². The molecule has 4 heterocycles. The monoisotopic (exact) mass is 501 g/mol. The first-order valence-corrected chi connectivity index (χ1v) is 12.5. The van der Waals surface area contributed by atoms with Crippen LogP contribution in [-0.4, -0.2) is 74.8 Å². The maximum Gasteiger partial charge on any atom is 0.409 e. The number of thiocarbonyl (C=S) groups is 1. The summed E-state index contributed by atoms with van der Waals surface area (Å²) < 4.78 is 7.11. The average Bonchev–Trinajstić information content (AvgIpc) is 3.09. The molecule has 2 aliphatic rings. The molecular formula is C23H27N5O4S2. The number of piperazine rings is 1. The van der Waals surface area contributed by atoms with Gasteiger partial charge in [0.15, 0.2) is 0 Å². The Morgan fingerprint density at radius 2 is 1.97 bits per heavy atom. The number of ether oxygens (including phenoxy) is 1. The van der Waals surface area contributed by atoms with Crippen molar-refractivity contribution in [1.29, 1.82) is 0 Å². The van der Waals surface area contributed by atoms with Gasteiger partial charge in [0, 0.05) is 38.9 Å². The molecule has 2 amide bonds. The summed E-state index contributed by atoms with van der Waals surface area (Å²) in [6.07, 6.45) is 3.74. The third kappa shape index (κ3) is 4.54. The Balaban J connectivity index is 1.76. The Labute approximate surface area is 207 Å². The molecular weight excluding hydrogens is 474 g/mol. The molecule has 2 aromatic rings. The zero-order valence-electron chi connectivity index (χ0n) is 19.4. The summed E-state index contributed by atoms with van der Waals surface area (Å²) in [5.74, 6) is 0.312. The number of pyridine rings is 1. The molecule has 2 aromatic heterocycles. The fourth-order valence-electron chi connectivity index (χ4n) is 4.03. The fraction of sp³-hybridized carbons (Fsp3) is 0.435. The molecule has 0 radical (unpaired) electrons. The molecule has 2 fully saturated rings. The number of carbonyl (C=O) groups excluding carboxylic acids is 2. The number of thioether (sulfide) groups is 1. The summed E-state index contributed by atoms with van der Waals surface area (Å²) in [6.45, 7) is 8.41. The Morgan fingerprint density at radius 1 is 1.24 bits per heavy atom. The lowest BCUT2D eigenvalue weighted by Gasteiger charge is -2.35. The quantitative estimate of drug-likeness (QED) is 0.457. The van der Waals surface area contributed by atoms with Crippen molar-refractivity contribution in [1.82, 2.24) is 19.2 Å². The summed E-state index contributed by atoms with van der Waals surface area (Å²) in [4.78, 5) is 49.1. The highest BCUT2D eigenvalue weighted by Crippen LogP contribution is 2.33. The molecule has 2 aliphatic heterocycles. The van der Waals surface area contributed by atoms with Crippen LogP contribution in [0, 0.1) is 6.92 Å². The minimum atomic E-state index is -0.343. The maximum absolute atomic E-state index is 13.6. The molecule has 0 aromatic carbocycles. The molecule has 0 bridgehead atoms. The van der Waals surface area contributed by atoms with Gasteiger partial charge in [-0.15, -0.1) is 0 Å². The van der Waals surface area contributed by atoms with E-state index in [0.717, 1.165) is 12.0 Å². The number of aromatic nitrogens is 2. The van der Waals surface area contributed by atoms with E-state index in [9.17, 15) is 14.4 Å². The Bertz CT molecular complexity index is 1230. The minimum absolute atomic E-state index is 0.191. The number of fused-ring (bicyclic) bond motifs is 1. The number of carbonyl (C=O) groups is 2. The normalized spacial score (nSPS) is 17.9. The van der Waals surface area contributed by atoms with E-state index < -0.39 is 0 Å². The first-order chi connectivity index (χ1) is 16.3. The fourth-order valence-corrected chi connectivity index (χ4v) is 5.32. The Hall–Kier alpha value is -2.92. The highest BCUT2D eigenvalue weighted by atomic mass is 32.2. The van der Waals surface area contributed by atoms with Gasteiger partial charge in [-0.3, -0.25) is 18.9 Å². The van der Waals surface area contributed by atoms with Crippen LogP contribution in [0.25, 0.3) is 11.7 Å². The topological polar surface area (TPSA) is 87.5 Å². The van der Waals surface area contributed by atoms with Crippen LogP contribution in [-0.2, 0) is 9.53 Å². The number of amides is 2. The number of rotatable bonds is 5. The van der Waals surface area contributed by atoms with Crippen LogP contribution in [0.15, 0.2) is 28.0 Å². The van der Waals surface area contributed by atoms with Crippen molar-refractivity contribution in [3.05, 3.63) is 44.7 Å². The third-order valence-electron chi connectivity index (χ3n) is 5.77. The predicted octanol–water partition coefficient (Wildman–Crippen LogP) is 2.89. The van der Waals surface area contributed by atoms with E-state index in [-0.39, 0.29) is 17.6 Å². The summed E-state index contributed by atoms with van der Waals surface area (Å²) in [5.41, 5.74) is 1.51. The summed E-state index contributed by atoms with van der Waals surface area (Å²) >= 11 is 6.59. The van der Waals surface area contributed by atoms with Crippen molar-refractivity contribution in [2.45, 2.75) is 27.2 Å². The molecule has 0 N–H and O–H groups in total. The largest absolute Gasteiger partial charge is 0.450 e. The highest BCUT2D eigenvalue weighted by molar-refractivity contribution is 8.26. The molecule has 0 atom stereocenters. The lowest BCUT2D eigenvalue weighted by atomic mass is 10.2. The molecule has 0 unspecified atom stereocenters. The van der Waals surface area contributed by atoms with Crippen LogP contribution in [0.3, 0.4) is 0 Å². The van der Waals surface area contributed by atoms with E-state index in [2.05, 4.69) is 0 Å². The van der Waals surface area contributed by atoms with Crippen LogP contribution in [0.2, 0.25) is 0 Å². The second kappa shape index (κ2) is 10.1. The van der Waals surface area contributed by atoms with Gasteiger partial charge in [-0.2, -0.15) is 0 Å². The van der Waals surface area contributed by atoms with Gasteiger partial charge in [0.25, 0.3) is 11.5 Å². The third-order valence-corrected chi connectivity index (χ3v) is 7.14. The number of anilines is 1. The Morgan fingerprint density at radius 3 is 2.65 bits per heavy atom.